The molecule has 0 unspecified atom stereocenters. The van der Waals surface area contributed by atoms with Gasteiger partial charge in [0.15, 0.2) is 17.3 Å². The highest BCUT2D eigenvalue weighted by molar-refractivity contribution is 7.92. The Balaban J connectivity index is 2.54. The second-order valence-corrected chi connectivity index (χ2v) is 6.11. The quantitative estimate of drug-likeness (QED) is 0.827. The molecule has 1 aromatic carbocycles. The van der Waals surface area contributed by atoms with Gasteiger partial charge in [0, 0.05) is 31.6 Å². The fourth-order valence-corrected chi connectivity index (χ4v) is 2.95. The van der Waals surface area contributed by atoms with Gasteiger partial charge in [-0.3, -0.25) is 9.29 Å². The van der Waals surface area contributed by atoms with Crippen molar-refractivity contribution in [2.24, 2.45) is 0 Å². The summed E-state index contributed by atoms with van der Waals surface area (Å²) in [5.74, 6) is -0.679. The van der Waals surface area contributed by atoms with E-state index in [0.717, 1.165) is 16.4 Å². The van der Waals surface area contributed by atoms with Crippen molar-refractivity contribution in [3.05, 3.63) is 36.5 Å². The third-order valence-corrected chi connectivity index (χ3v) is 4.73. The largest absolute Gasteiger partial charge is 0.493 e. The number of benzene rings is 1. The predicted octanol–water partition coefficient (Wildman–Crippen LogP) is 1.46. The van der Waals surface area contributed by atoms with E-state index in [1.165, 1.54) is 39.9 Å². The van der Waals surface area contributed by atoms with Crippen LogP contribution in [0.5, 0.6) is 11.5 Å². The van der Waals surface area contributed by atoms with Crippen molar-refractivity contribution in [2.75, 3.05) is 25.6 Å². The van der Waals surface area contributed by atoms with Gasteiger partial charge in [0.2, 0.25) is 0 Å². The van der Waals surface area contributed by atoms with Crippen LogP contribution in [-0.4, -0.2) is 39.7 Å². The van der Waals surface area contributed by atoms with Gasteiger partial charge < -0.3 is 9.47 Å². The van der Waals surface area contributed by atoms with Gasteiger partial charge in [0.25, 0.3) is 10.0 Å². The lowest BCUT2D eigenvalue weighted by atomic mass is 10.3. The molecule has 0 saturated heterocycles. The number of nitrogens with zero attached hydrogens (tertiary/aromatic N) is 3. The van der Waals surface area contributed by atoms with Crippen molar-refractivity contribution in [3.63, 3.8) is 0 Å². The van der Waals surface area contributed by atoms with E-state index in [-0.39, 0.29) is 17.3 Å². The Morgan fingerprint density at radius 3 is 2.32 bits per heavy atom. The van der Waals surface area contributed by atoms with Gasteiger partial charge in [-0.15, -0.1) is 0 Å². The van der Waals surface area contributed by atoms with Crippen LogP contribution in [0.2, 0.25) is 0 Å². The molecule has 0 atom stereocenters. The number of aromatic nitrogens is 2. The van der Waals surface area contributed by atoms with Crippen molar-refractivity contribution < 1.29 is 22.3 Å². The molecule has 1 heterocycles. The molecule has 0 aliphatic heterocycles. The van der Waals surface area contributed by atoms with E-state index in [9.17, 15) is 12.8 Å². The second-order valence-electron chi connectivity index (χ2n) is 4.17. The van der Waals surface area contributed by atoms with E-state index in [1.807, 2.05) is 0 Å². The molecule has 9 heteroatoms. The number of anilines is 1. The number of ether oxygens (including phenoxy) is 2. The lowest BCUT2D eigenvalue weighted by Gasteiger charge is -2.19. The summed E-state index contributed by atoms with van der Waals surface area (Å²) in [7, 11) is -0.238. The molecule has 7 nitrogen and oxygen atoms in total. The molecule has 0 bridgehead atoms. The molecule has 2 rings (SSSR count). The van der Waals surface area contributed by atoms with Crippen molar-refractivity contribution in [1.29, 1.82) is 0 Å². The molecule has 0 aliphatic rings. The Morgan fingerprint density at radius 2 is 1.77 bits per heavy atom. The number of hydrogen-bond donors (Lipinski definition) is 0. The molecule has 0 radical (unpaired) electrons. The maximum atomic E-state index is 14.1. The monoisotopic (exact) mass is 327 g/mol. The molecular formula is C13H14FN3O4S. The van der Waals surface area contributed by atoms with Crippen molar-refractivity contribution >= 4 is 15.8 Å². The zero-order valence-electron chi connectivity index (χ0n) is 12.1. The fourth-order valence-electron chi connectivity index (χ4n) is 1.76. The Morgan fingerprint density at radius 1 is 1.14 bits per heavy atom. The van der Waals surface area contributed by atoms with E-state index in [2.05, 4.69) is 9.97 Å². The average Bonchev–Trinajstić information content (AvgIpc) is 2.54. The van der Waals surface area contributed by atoms with Gasteiger partial charge in [-0.2, -0.15) is 0 Å². The standard InChI is InChI=1S/C13H14FN3O4S/c1-17(13-8-15-4-5-16-13)22(18,19)12-7-11(21-3)10(20-2)6-9(12)14/h4-8H,1-3H3. The molecule has 0 saturated carbocycles. The molecule has 2 aromatic rings. The number of hydrogen-bond acceptors (Lipinski definition) is 6. The normalized spacial score (nSPS) is 11.1. The number of methoxy groups -OCH3 is 2. The summed E-state index contributed by atoms with van der Waals surface area (Å²) in [6, 6.07) is 2.02. The average molecular weight is 327 g/mol. The Bertz CT molecular complexity index is 768. The third-order valence-electron chi connectivity index (χ3n) is 2.95. The molecular weight excluding hydrogens is 313 g/mol. The smallest absolute Gasteiger partial charge is 0.268 e. The van der Waals surface area contributed by atoms with Gasteiger partial charge in [0.1, 0.15) is 10.7 Å². The van der Waals surface area contributed by atoms with Gasteiger partial charge in [-0.1, -0.05) is 0 Å². The lowest BCUT2D eigenvalue weighted by Crippen LogP contribution is -2.28. The SMILES string of the molecule is COc1cc(F)c(S(=O)(=O)N(C)c2cnccn2)cc1OC. The van der Waals surface area contributed by atoms with Crippen LogP contribution in [-0.2, 0) is 10.0 Å². The molecule has 0 spiro atoms. The minimum Gasteiger partial charge on any atom is -0.493 e. The van der Waals surface area contributed by atoms with Crippen LogP contribution in [0.4, 0.5) is 10.2 Å². The van der Waals surface area contributed by atoms with Gasteiger partial charge in [-0.05, 0) is 0 Å². The minimum absolute atomic E-state index is 0.0664. The highest BCUT2D eigenvalue weighted by atomic mass is 32.2. The summed E-state index contributed by atoms with van der Waals surface area (Å²) in [6.07, 6.45) is 4.00. The van der Waals surface area contributed by atoms with Crippen LogP contribution >= 0.6 is 0 Å². The highest BCUT2D eigenvalue weighted by Crippen LogP contribution is 2.33. The van der Waals surface area contributed by atoms with E-state index in [4.69, 9.17) is 9.47 Å². The zero-order valence-corrected chi connectivity index (χ0v) is 13.0. The molecule has 0 fully saturated rings. The van der Waals surface area contributed by atoms with Gasteiger partial charge in [0.05, 0.1) is 20.4 Å². The van der Waals surface area contributed by atoms with Crippen LogP contribution in [0, 0.1) is 5.82 Å². The summed E-state index contributed by atoms with van der Waals surface area (Å²) in [4.78, 5) is 7.13. The molecule has 0 amide bonds. The van der Waals surface area contributed by atoms with Crippen LogP contribution < -0.4 is 13.8 Å². The Hall–Kier alpha value is -2.42. The molecule has 1 aromatic heterocycles. The fraction of sp³-hybridized carbons (Fsp3) is 0.231. The van der Waals surface area contributed by atoms with Crippen molar-refractivity contribution in [3.8, 4) is 11.5 Å². The number of rotatable bonds is 5. The Kier molecular flexibility index (Phi) is 4.45. The van der Waals surface area contributed by atoms with E-state index in [1.54, 1.807) is 0 Å². The summed E-state index contributed by atoms with van der Waals surface area (Å²) in [5, 5.41) is 0. The van der Waals surface area contributed by atoms with Gasteiger partial charge in [-0.25, -0.2) is 17.8 Å². The maximum Gasteiger partial charge on any atom is 0.268 e. The van der Waals surface area contributed by atoms with E-state index in [0.29, 0.717) is 0 Å². The first-order valence-corrected chi connectivity index (χ1v) is 7.52. The molecule has 0 N–H and O–H groups in total. The summed E-state index contributed by atoms with van der Waals surface area (Å²) >= 11 is 0. The van der Waals surface area contributed by atoms with E-state index >= 15 is 0 Å². The maximum absolute atomic E-state index is 14.1. The van der Waals surface area contributed by atoms with Crippen molar-refractivity contribution in [2.45, 2.75) is 4.90 Å². The van der Waals surface area contributed by atoms with Crippen molar-refractivity contribution in [1.82, 2.24) is 9.97 Å². The van der Waals surface area contributed by atoms with Crippen LogP contribution in [0.1, 0.15) is 0 Å². The number of halogens is 1. The topological polar surface area (TPSA) is 81.6 Å². The second kappa shape index (κ2) is 6.14. The Labute approximate surface area is 127 Å². The summed E-state index contributed by atoms with van der Waals surface area (Å²) in [6.45, 7) is 0. The lowest BCUT2D eigenvalue weighted by molar-refractivity contribution is 0.350. The van der Waals surface area contributed by atoms with Crippen LogP contribution in [0.25, 0.3) is 0 Å². The molecule has 22 heavy (non-hydrogen) atoms. The first-order chi connectivity index (χ1) is 10.4. The third kappa shape index (κ3) is 2.80. The highest BCUT2D eigenvalue weighted by Gasteiger charge is 2.28. The number of sulfonamides is 1. The summed E-state index contributed by atoms with van der Waals surface area (Å²) < 4.78 is 50.0. The first-order valence-electron chi connectivity index (χ1n) is 6.08. The molecule has 0 aliphatic carbocycles. The van der Waals surface area contributed by atoms with E-state index < -0.39 is 20.7 Å². The zero-order chi connectivity index (χ0) is 16.3. The minimum atomic E-state index is -4.16. The first kappa shape index (κ1) is 16.0. The predicted molar refractivity (Wildman–Crippen MR) is 77.1 cm³/mol. The summed E-state index contributed by atoms with van der Waals surface area (Å²) in [5.41, 5.74) is 0. The van der Waals surface area contributed by atoms with Crippen LogP contribution in [0.3, 0.4) is 0 Å². The van der Waals surface area contributed by atoms with Gasteiger partial charge >= 0.3 is 0 Å². The van der Waals surface area contributed by atoms with Crippen LogP contribution in [0.15, 0.2) is 35.6 Å². The molecule has 118 valence electrons.